The van der Waals surface area contributed by atoms with Gasteiger partial charge in [0.1, 0.15) is 0 Å². The molecule has 0 aromatic heterocycles. The van der Waals surface area contributed by atoms with Gasteiger partial charge in [-0.2, -0.15) is 0 Å². The van der Waals surface area contributed by atoms with Gasteiger partial charge in [0.05, 0.1) is 12.3 Å². The van der Waals surface area contributed by atoms with Crippen molar-refractivity contribution < 1.29 is 13.2 Å². The van der Waals surface area contributed by atoms with Gasteiger partial charge in [0.25, 0.3) is 0 Å². The molecule has 5 nitrogen and oxygen atoms in total. The van der Waals surface area contributed by atoms with Crippen molar-refractivity contribution in [1.29, 1.82) is 0 Å². The molecule has 17 heavy (non-hydrogen) atoms. The van der Waals surface area contributed by atoms with Crippen LogP contribution in [0.1, 0.15) is 26.7 Å². The zero-order valence-electron chi connectivity index (χ0n) is 10.3. The predicted molar refractivity (Wildman–Crippen MR) is 67.2 cm³/mol. The minimum atomic E-state index is -3.05. The topological polar surface area (TPSA) is 75.3 Å². The van der Waals surface area contributed by atoms with E-state index >= 15 is 0 Å². The van der Waals surface area contributed by atoms with Crippen molar-refractivity contribution >= 4 is 15.7 Å². The van der Waals surface area contributed by atoms with E-state index in [1.807, 2.05) is 6.92 Å². The van der Waals surface area contributed by atoms with E-state index in [0.717, 1.165) is 12.8 Å². The number of sulfone groups is 1. The molecule has 1 rings (SSSR count). The molecule has 0 spiro atoms. The van der Waals surface area contributed by atoms with Gasteiger partial charge in [-0.1, -0.05) is 19.4 Å². The number of nitrogens with one attached hydrogen (secondary N) is 2. The number of hydrogen-bond acceptors (Lipinski definition) is 4. The molecule has 0 saturated heterocycles. The Hall–Kier alpha value is -0.880. The van der Waals surface area contributed by atoms with Crippen molar-refractivity contribution in [2.45, 2.75) is 38.8 Å². The van der Waals surface area contributed by atoms with Gasteiger partial charge in [0, 0.05) is 17.5 Å². The van der Waals surface area contributed by atoms with Crippen LogP contribution in [0.25, 0.3) is 0 Å². The fraction of sp³-hybridized carbons (Fsp3) is 0.727. The molecule has 98 valence electrons. The van der Waals surface area contributed by atoms with Gasteiger partial charge in [-0.3, -0.25) is 4.79 Å². The molecule has 1 aliphatic rings. The summed E-state index contributed by atoms with van der Waals surface area (Å²) in [6.07, 6.45) is 3.56. The van der Waals surface area contributed by atoms with Crippen molar-refractivity contribution in [2.24, 2.45) is 0 Å². The molecule has 1 aliphatic heterocycles. The van der Waals surface area contributed by atoms with Crippen molar-refractivity contribution in [2.75, 3.05) is 12.3 Å². The third-order valence-corrected chi connectivity index (χ3v) is 3.98. The zero-order valence-corrected chi connectivity index (χ0v) is 11.1. The zero-order chi connectivity index (χ0) is 12.9. The molecule has 0 fully saturated rings. The lowest BCUT2D eigenvalue weighted by Crippen LogP contribution is -2.42. The van der Waals surface area contributed by atoms with Crippen molar-refractivity contribution in [1.82, 2.24) is 10.6 Å². The third-order valence-electron chi connectivity index (χ3n) is 2.58. The van der Waals surface area contributed by atoms with E-state index < -0.39 is 9.84 Å². The van der Waals surface area contributed by atoms with Crippen LogP contribution < -0.4 is 10.6 Å². The van der Waals surface area contributed by atoms with Crippen LogP contribution >= 0.6 is 0 Å². The molecule has 2 unspecified atom stereocenters. The van der Waals surface area contributed by atoms with E-state index in [0.29, 0.717) is 0 Å². The maximum absolute atomic E-state index is 11.5. The Bertz CT molecular complexity index is 390. The second kappa shape index (κ2) is 6.16. The molecule has 2 N–H and O–H groups in total. The molecule has 0 bridgehead atoms. The largest absolute Gasteiger partial charge is 0.353 e. The predicted octanol–water partition coefficient (Wildman–Crippen LogP) is 0.192. The summed E-state index contributed by atoms with van der Waals surface area (Å²) in [5.41, 5.74) is 0. The van der Waals surface area contributed by atoms with Gasteiger partial charge < -0.3 is 10.6 Å². The lowest BCUT2D eigenvalue weighted by Gasteiger charge is -2.14. The van der Waals surface area contributed by atoms with E-state index in [4.69, 9.17) is 0 Å². The normalized spacial score (nSPS) is 23.5. The van der Waals surface area contributed by atoms with Crippen molar-refractivity contribution in [3.8, 4) is 0 Å². The summed E-state index contributed by atoms with van der Waals surface area (Å²) >= 11 is 0. The molecule has 6 heteroatoms. The highest BCUT2D eigenvalue weighted by molar-refractivity contribution is 7.94. The Balaban J connectivity index is 2.23. The fourth-order valence-electron chi connectivity index (χ4n) is 1.76. The summed E-state index contributed by atoms with van der Waals surface area (Å²) in [4.78, 5) is 11.5. The molecule has 0 radical (unpaired) electrons. The Kier molecular flexibility index (Phi) is 5.14. The van der Waals surface area contributed by atoms with Crippen molar-refractivity contribution in [3.63, 3.8) is 0 Å². The number of amides is 1. The van der Waals surface area contributed by atoms with E-state index in [2.05, 4.69) is 17.6 Å². The molecular weight excluding hydrogens is 240 g/mol. The summed E-state index contributed by atoms with van der Waals surface area (Å²) in [6.45, 7) is 4.18. The SMILES string of the molecule is CCCC(C)NC(=O)CNC1C=CS(=O)(=O)C1. The maximum atomic E-state index is 11.5. The summed E-state index contributed by atoms with van der Waals surface area (Å²) < 4.78 is 22.2. The van der Waals surface area contributed by atoms with Crippen molar-refractivity contribution in [3.05, 3.63) is 11.5 Å². The molecule has 2 atom stereocenters. The number of rotatable bonds is 6. The number of carbonyl (C=O) groups excluding carboxylic acids is 1. The average molecular weight is 260 g/mol. The number of carbonyl (C=O) groups is 1. The fourth-order valence-corrected chi connectivity index (χ4v) is 3.03. The first-order chi connectivity index (χ1) is 7.93. The highest BCUT2D eigenvalue weighted by atomic mass is 32.2. The molecule has 0 aliphatic carbocycles. The standard InChI is InChI=1S/C11H20N2O3S/c1-3-4-9(2)13-11(14)7-12-10-5-6-17(15,16)8-10/h5-6,9-10,12H,3-4,7-8H2,1-2H3,(H,13,14). The first kappa shape index (κ1) is 14.2. The molecule has 0 aromatic carbocycles. The summed E-state index contributed by atoms with van der Waals surface area (Å²) in [5, 5.41) is 6.95. The monoisotopic (exact) mass is 260 g/mol. The van der Waals surface area contributed by atoms with Gasteiger partial charge >= 0.3 is 0 Å². The third kappa shape index (κ3) is 5.32. The lowest BCUT2D eigenvalue weighted by molar-refractivity contribution is -0.120. The van der Waals surface area contributed by atoms with E-state index in [-0.39, 0.29) is 30.3 Å². The number of hydrogen-bond donors (Lipinski definition) is 2. The van der Waals surface area contributed by atoms with Crippen LogP contribution in [0, 0.1) is 0 Å². The molecule has 0 aromatic rings. The van der Waals surface area contributed by atoms with Crippen LogP contribution in [-0.2, 0) is 14.6 Å². The average Bonchev–Trinajstić information content (AvgIpc) is 2.55. The van der Waals surface area contributed by atoms with Gasteiger partial charge in [-0.05, 0) is 13.3 Å². The molecule has 1 heterocycles. The lowest BCUT2D eigenvalue weighted by atomic mass is 10.2. The minimum absolute atomic E-state index is 0.0464. The first-order valence-electron chi connectivity index (χ1n) is 5.86. The van der Waals surface area contributed by atoms with Gasteiger partial charge in [-0.25, -0.2) is 8.42 Å². The van der Waals surface area contributed by atoms with Gasteiger partial charge in [0.15, 0.2) is 9.84 Å². The summed E-state index contributed by atoms with van der Waals surface area (Å²) in [7, 11) is -3.05. The Labute approximate surface area is 103 Å². The Morgan fingerprint density at radius 1 is 1.53 bits per heavy atom. The maximum Gasteiger partial charge on any atom is 0.234 e. The second-order valence-electron chi connectivity index (χ2n) is 4.40. The van der Waals surface area contributed by atoms with Crippen LogP contribution in [0.4, 0.5) is 0 Å². The second-order valence-corrected chi connectivity index (χ2v) is 6.33. The Morgan fingerprint density at radius 3 is 2.76 bits per heavy atom. The highest BCUT2D eigenvalue weighted by Crippen LogP contribution is 2.07. The van der Waals surface area contributed by atoms with Crippen LogP contribution in [-0.4, -0.2) is 38.7 Å². The quantitative estimate of drug-likeness (QED) is 0.715. The van der Waals surface area contributed by atoms with Gasteiger partial charge in [-0.15, -0.1) is 0 Å². The molecule has 0 saturated carbocycles. The van der Waals surface area contributed by atoms with Crippen LogP contribution in [0.15, 0.2) is 11.5 Å². The molecule has 1 amide bonds. The van der Waals surface area contributed by atoms with E-state index in [9.17, 15) is 13.2 Å². The van der Waals surface area contributed by atoms with Gasteiger partial charge in [0.2, 0.25) is 5.91 Å². The smallest absolute Gasteiger partial charge is 0.234 e. The summed E-state index contributed by atoms with van der Waals surface area (Å²) in [6, 6.07) is -0.0793. The van der Waals surface area contributed by atoms with Crippen LogP contribution in [0.2, 0.25) is 0 Å². The van der Waals surface area contributed by atoms with E-state index in [1.54, 1.807) is 6.08 Å². The first-order valence-corrected chi connectivity index (χ1v) is 7.58. The minimum Gasteiger partial charge on any atom is -0.353 e. The summed E-state index contributed by atoms with van der Waals surface area (Å²) in [5.74, 6) is -0.0474. The Morgan fingerprint density at radius 2 is 2.24 bits per heavy atom. The highest BCUT2D eigenvalue weighted by Gasteiger charge is 2.21. The van der Waals surface area contributed by atoms with Crippen LogP contribution in [0.3, 0.4) is 0 Å². The molecular formula is C11H20N2O3S. The van der Waals surface area contributed by atoms with Crippen LogP contribution in [0.5, 0.6) is 0 Å². The van der Waals surface area contributed by atoms with E-state index in [1.165, 1.54) is 5.41 Å².